The molecule has 5 rings (SSSR count). The average molecular weight is 511 g/mol. The molecule has 0 atom stereocenters. The highest BCUT2D eigenvalue weighted by Crippen LogP contribution is 2.46. The zero-order chi connectivity index (χ0) is 25.0. The van der Waals surface area contributed by atoms with Crippen molar-refractivity contribution in [2.75, 3.05) is 18.1 Å². The second kappa shape index (κ2) is 10.8. The topological polar surface area (TPSA) is 120 Å². The number of aromatic nitrogens is 1. The Hall–Kier alpha value is -2.95. The molecule has 0 spiro atoms. The van der Waals surface area contributed by atoms with Gasteiger partial charge in [0.15, 0.2) is 0 Å². The van der Waals surface area contributed by atoms with Crippen LogP contribution in [0.1, 0.15) is 5.56 Å². The first-order valence-electron chi connectivity index (χ1n) is 10.7. The summed E-state index contributed by atoms with van der Waals surface area (Å²) in [6, 6.07) is 29.7. The number of aryl methyl sites for hydroxylation is 1. The Morgan fingerprint density at radius 1 is 0.914 bits per heavy atom. The molecule has 35 heavy (non-hydrogen) atoms. The van der Waals surface area contributed by atoms with Crippen molar-refractivity contribution < 1.29 is 38.6 Å². The fraction of sp³-hybridized carbons (Fsp3) is 0.115. The number of thioether (sulfide) groups is 1. The molecule has 1 N–H and O–H groups in total. The molecule has 1 aromatic heterocycles. The van der Waals surface area contributed by atoms with Crippen LogP contribution in [-0.2, 0) is 7.05 Å². The minimum Gasteiger partial charge on any atom is -0.395 e. The normalized spacial score (nSPS) is 14.1. The molecule has 0 aliphatic carbocycles. The van der Waals surface area contributed by atoms with E-state index in [1.807, 2.05) is 6.07 Å². The Balaban J connectivity index is 0.000000527. The van der Waals surface area contributed by atoms with Crippen LogP contribution in [0.15, 0.2) is 94.9 Å². The SMILES string of the molecule is C[n+]1c(-c2ccccc2)cc(C=C2Sc3ccccc3N2CCO)c2ccccc21.[O-][Cl+3]([O-])([O-])[O-]. The monoisotopic (exact) mass is 510 g/mol. The first-order valence-corrected chi connectivity index (χ1v) is 12.8. The number of fused-ring (bicyclic) bond motifs is 2. The van der Waals surface area contributed by atoms with E-state index < -0.39 is 10.2 Å². The van der Waals surface area contributed by atoms with Gasteiger partial charge >= 0.3 is 0 Å². The molecular weight excluding hydrogens is 488 g/mol. The van der Waals surface area contributed by atoms with E-state index in [9.17, 15) is 5.11 Å². The summed E-state index contributed by atoms with van der Waals surface area (Å²) < 4.78 is 36.2. The zero-order valence-electron chi connectivity index (χ0n) is 18.8. The minimum atomic E-state index is -4.94. The molecule has 4 aromatic rings. The number of pyridine rings is 1. The standard InChI is InChI=1S/C26H23N2OS.ClHO4/c1-27-22-12-6-5-11-21(22)20(17-24(27)19-9-3-2-4-10-19)18-26-28(15-16-29)23-13-7-8-14-25(23)30-26;2-1(3,4)5/h2-14,17-18,29H,15-16H2,1H3;(H,2,3,4,5)/q+1;/p-1. The number of aliphatic hydroxyl groups excluding tert-OH is 1. The van der Waals surface area contributed by atoms with E-state index in [4.69, 9.17) is 18.6 Å². The number of benzene rings is 3. The van der Waals surface area contributed by atoms with Crippen LogP contribution in [0, 0.1) is 10.2 Å². The van der Waals surface area contributed by atoms with Gasteiger partial charge in [0.1, 0.15) is 7.05 Å². The second-order valence-corrected chi connectivity index (χ2v) is 9.55. The molecule has 3 aromatic carbocycles. The van der Waals surface area contributed by atoms with Gasteiger partial charge in [-0.1, -0.05) is 54.2 Å². The number of rotatable bonds is 4. The molecule has 0 saturated heterocycles. The average Bonchev–Trinajstić information content (AvgIpc) is 3.18. The number of aliphatic hydroxyl groups is 1. The zero-order valence-corrected chi connectivity index (χ0v) is 20.4. The van der Waals surface area contributed by atoms with Gasteiger partial charge in [-0.05, 0) is 42.0 Å². The lowest BCUT2D eigenvalue weighted by atomic mass is 10.0. The Morgan fingerprint density at radius 2 is 1.54 bits per heavy atom. The second-order valence-electron chi connectivity index (χ2n) is 7.73. The molecule has 0 radical (unpaired) electrons. The Labute approximate surface area is 209 Å². The summed E-state index contributed by atoms with van der Waals surface area (Å²) in [4.78, 5) is 3.44. The highest BCUT2D eigenvalue weighted by molar-refractivity contribution is 8.03. The van der Waals surface area contributed by atoms with E-state index in [1.165, 1.54) is 32.6 Å². The van der Waals surface area contributed by atoms with Crippen LogP contribution in [0.5, 0.6) is 0 Å². The van der Waals surface area contributed by atoms with Gasteiger partial charge in [0.05, 0.1) is 22.7 Å². The van der Waals surface area contributed by atoms with Gasteiger partial charge in [-0.15, -0.1) is 10.2 Å². The van der Waals surface area contributed by atoms with Crippen molar-refractivity contribution in [1.82, 2.24) is 0 Å². The quantitative estimate of drug-likeness (QED) is 0.396. The maximum Gasteiger partial charge on any atom is 0.213 e. The number of halogens is 1. The van der Waals surface area contributed by atoms with Crippen molar-refractivity contribution in [2.45, 2.75) is 4.90 Å². The summed E-state index contributed by atoms with van der Waals surface area (Å²) >= 11 is 1.76. The summed E-state index contributed by atoms with van der Waals surface area (Å²) in [6.45, 7) is 0.700. The predicted molar refractivity (Wildman–Crippen MR) is 125 cm³/mol. The molecule has 2 heterocycles. The highest BCUT2D eigenvalue weighted by Gasteiger charge is 2.25. The minimum absolute atomic E-state index is 0.117. The first kappa shape index (κ1) is 25.2. The number of nitrogens with zero attached hydrogens (tertiary/aromatic N) is 2. The van der Waals surface area contributed by atoms with E-state index in [2.05, 4.69) is 101 Å². The molecule has 0 unspecified atom stereocenters. The molecule has 180 valence electrons. The lowest BCUT2D eigenvalue weighted by Crippen LogP contribution is -2.68. The van der Waals surface area contributed by atoms with Crippen LogP contribution in [0.2, 0.25) is 0 Å². The fourth-order valence-electron chi connectivity index (χ4n) is 4.09. The van der Waals surface area contributed by atoms with E-state index >= 15 is 0 Å². The van der Waals surface area contributed by atoms with Crippen LogP contribution in [0.3, 0.4) is 0 Å². The van der Waals surface area contributed by atoms with Crippen LogP contribution >= 0.6 is 11.8 Å². The van der Waals surface area contributed by atoms with Gasteiger partial charge in [-0.3, -0.25) is 0 Å². The van der Waals surface area contributed by atoms with Crippen LogP contribution < -0.4 is 28.1 Å². The Bertz CT molecular complexity index is 1350. The number of hydrogen-bond donors (Lipinski definition) is 1. The predicted octanol–water partition coefficient (Wildman–Crippen LogP) is 0.478. The summed E-state index contributed by atoms with van der Waals surface area (Å²) in [6.07, 6.45) is 2.26. The molecule has 0 amide bonds. The summed E-state index contributed by atoms with van der Waals surface area (Å²) in [5.41, 5.74) is 5.91. The maximum atomic E-state index is 9.66. The first-order chi connectivity index (χ1) is 16.8. The van der Waals surface area contributed by atoms with Crippen molar-refractivity contribution >= 4 is 34.4 Å². The summed E-state index contributed by atoms with van der Waals surface area (Å²) in [5, 5.41) is 12.0. The maximum absolute atomic E-state index is 9.66. The summed E-state index contributed by atoms with van der Waals surface area (Å²) in [7, 11) is -2.82. The van der Waals surface area contributed by atoms with Crippen molar-refractivity contribution in [2.24, 2.45) is 7.05 Å². The molecule has 1 aliphatic rings. The van der Waals surface area contributed by atoms with Crippen LogP contribution in [0.25, 0.3) is 28.2 Å². The third-order valence-corrected chi connectivity index (χ3v) is 6.65. The highest BCUT2D eigenvalue weighted by atomic mass is 35.7. The van der Waals surface area contributed by atoms with Crippen LogP contribution in [-0.4, -0.2) is 18.3 Å². The third kappa shape index (κ3) is 6.01. The summed E-state index contributed by atoms with van der Waals surface area (Å²) in [5.74, 6) is 0. The Morgan fingerprint density at radius 3 is 2.26 bits per heavy atom. The third-order valence-electron chi connectivity index (χ3n) is 5.54. The van der Waals surface area contributed by atoms with Crippen LogP contribution in [0.4, 0.5) is 5.69 Å². The molecule has 7 nitrogen and oxygen atoms in total. The number of hydrogen-bond acceptors (Lipinski definition) is 7. The largest absolute Gasteiger partial charge is 0.395 e. The molecule has 0 bridgehead atoms. The van der Waals surface area contributed by atoms with Crippen molar-refractivity contribution in [3.63, 3.8) is 0 Å². The smallest absolute Gasteiger partial charge is 0.213 e. The Kier molecular flexibility index (Phi) is 7.73. The molecular formula is C26H23ClN2O5S. The van der Waals surface area contributed by atoms with Gasteiger partial charge < -0.3 is 10.0 Å². The lowest BCUT2D eigenvalue weighted by Gasteiger charge is -2.19. The lowest BCUT2D eigenvalue weighted by molar-refractivity contribution is -2.00. The van der Waals surface area contributed by atoms with Crippen molar-refractivity contribution in [3.05, 3.63) is 95.5 Å². The van der Waals surface area contributed by atoms with Gasteiger partial charge in [0.2, 0.25) is 11.2 Å². The van der Waals surface area contributed by atoms with Gasteiger partial charge in [0.25, 0.3) is 0 Å². The van der Waals surface area contributed by atoms with E-state index in [0.29, 0.717) is 6.54 Å². The number of anilines is 1. The molecule has 0 fully saturated rings. The molecule has 9 heteroatoms. The molecule has 1 aliphatic heterocycles. The van der Waals surface area contributed by atoms with Gasteiger partial charge in [-0.2, -0.15) is 4.57 Å². The fourth-order valence-corrected chi connectivity index (χ4v) is 5.23. The van der Waals surface area contributed by atoms with E-state index in [1.54, 1.807) is 11.8 Å². The number of β-amino-alcohol motifs (C(OH)–C–C–N with tert-alkyl or cyclic N) is 1. The van der Waals surface area contributed by atoms with E-state index in [0.717, 1.165) is 10.7 Å². The van der Waals surface area contributed by atoms with E-state index in [-0.39, 0.29) is 6.61 Å². The number of para-hydroxylation sites is 2. The van der Waals surface area contributed by atoms with Crippen molar-refractivity contribution in [1.29, 1.82) is 0 Å². The van der Waals surface area contributed by atoms with Crippen molar-refractivity contribution in [3.8, 4) is 11.3 Å². The van der Waals surface area contributed by atoms with Gasteiger partial charge in [0, 0.05) is 29.1 Å². The molecule has 0 saturated carbocycles. The van der Waals surface area contributed by atoms with Gasteiger partial charge in [-0.25, -0.2) is 18.6 Å².